The Morgan fingerprint density at radius 1 is 1.30 bits per heavy atom. The van der Waals surface area contributed by atoms with Crippen molar-refractivity contribution in [3.8, 4) is 11.4 Å². The monoisotopic (exact) mass is 368 g/mol. The maximum absolute atomic E-state index is 12.5. The van der Waals surface area contributed by atoms with E-state index in [0.29, 0.717) is 25.5 Å². The van der Waals surface area contributed by atoms with Crippen LogP contribution in [0.1, 0.15) is 31.5 Å². The van der Waals surface area contributed by atoms with Crippen LogP contribution in [0.2, 0.25) is 0 Å². The fraction of sp³-hybridized carbons (Fsp3) is 0.429. The number of nitrogens with zero attached hydrogens (tertiary/aromatic N) is 2. The van der Waals surface area contributed by atoms with Gasteiger partial charge in [-0.05, 0) is 37.5 Å². The Morgan fingerprint density at radius 3 is 2.70 bits per heavy atom. The van der Waals surface area contributed by atoms with Gasteiger partial charge in [0, 0.05) is 25.8 Å². The van der Waals surface area contributed by atoms with Crippen molar-refractivity contribution in [3.63, 3.8) is 0 Å². The first-order chi connectivity index (χ1) is 12.9. The molecule has 6 nitrogen and oxygen atoms in total. The first-order valence-corrected chi connectivity index (χ1v) is 9.36. The minimum Gasteiger partial charge on any atom is -0.383 e. The van der Waals surface area contributed by atoms with Crippen molar-refractivity contribution in [2.75, 3.05) is 19.0 Å². The SMILES string of the molecule is COCCn1c(C)c(C)c(-c2nc3ccccc3[nH]2)c1NC(=O)CC(C)C. The molecule has 0 bridgehead atoms. The molecule has 0 fully saturated rings. The third-order valence-corrected chi connectivity index (χ3v) is 4.83. The van der Waals surface area contributed by atoms with Crippen LogP contribution in [0.3, 0.4) is 0 Å². The number of H-pyrrole nitrogens is 1. The van der Waals surface area contributed by atoms with E-state index in [9.17, 15) is 4.79 Å². The minimum atomic E-state index is 0.0125. The van der Waals surface area contributed by atoms with Gasteiger partial charge in [0.1, 0.15) is 11.6 Å². The molecule has 0 radical (unpaired) electrons. The van der Waals surface area contributed by atoms with Gasteiger partial charge in [-0.2, -0.15) is 0 Å². The fourth-order valence-corrected chi connectivity index (χ4v) is 3.37. The van der Waals surface area contributed by atoms with E-state index < -0.39 is 0 Å². The number of rotatable bonds is 7. The number of amides is 1. The topological polar surface area (TPSA) is 71.9 Å². The van der Waals surface area contributed by atoms with Gasteiger partial charge in [-0.25, -0.2) is 4.98 Å². The lowest BCUT2D eigenvalue weighted by Gasteiger charge is -2.14. The number of aromatic amines is 1. The Balaban J connectivity index is 2.11. The van der Waals surface area contributed by atoms with Crippen molar-refractivity contribution >= 4 is 22.8 Å². The van der Waals surface area contributed by atoms with Crippen LogP contribution >= 0.6 is 0 Å². The molecule has 0 unspecified atom stereocenters. The van der Waals surface area contributed by atoms with E-state index in [4.69, 9.17) is 9.72 Å². The molecule has 0 spiro atoms. The van der Waals surface area contributed by atoms with Gasteiger partial charge < -0.3 is 19.6 Å². The van der Waals surface area contributed by atoms with Gasteiger partial charge in [0.05, 0.1) is 23.2 Å². The van der Waals surface area contributed by atoms with Gasteiger partial charge in [0.25, 0.3) is 0 Å². The van der Waals surface area contributed by atoms with E-state index in [1.165, 1.54) is 0 Å². The maximum atomic E-state index is 12.5. The fourth-order valence-electron chi connectivity index (χ4n) is 3.37. The van der Waals surface area contributed by atoms with E-state index in [-0.39, 0.29) is 5.91 Å². The predicted octanol–water partition coefficient (Wildman–Crippen LogP) is 4.28. The van der Waals surface area contributed by atoms with Gasteiger partial charge >= 0.3 is 0 Å². The number of methoxy groups -OCH3 is 1. The molecule has 144 valence electrons. The Morgan fingerprint density at radius 2 is 2.04 bits per heavy atom. The number of fused-ring (bicyclic) bond motifs is 1. The van der Waals surface area contributed by atoms with E-state index in [0.717, 1.165) is 39.5 Å². The lowest BCUT2D eigenvalue weighted by Crippen LogP contribution is -2.18. The number of para-hydroxylation sites is 2. The number of aromatic nitrogens is 3. The van der Waals surface area contributed by atoms with Crippen LogP contribution in [0.15, 0.2) is 24.3 Å². The molecule has 0 atom stereocenters. The summed E-state index contributed by atoms with van der Waals surface area (Å²) in [6.45, 7) is 9.46. The van der Waals surface area contributed by atoms with Gasteiger partial charge in [0.2, 0.25) is 5.91 Å². The van der Waals surface area contributed by atoms with Gasteiger partial charge in [-0.15, -0.1) is 0 Å². The second kappa shape index (κ2) is 7.96. The second-order valence-electron chi connectivity index (χ2n) is 7.33. The zero-order chi connectivity index (χ0) is 19.6. The quantitative estimate of drug-likeness (QED) is 0.654. The van der Waals surface area contributed by atoms with Crippen LogP contribution < -0.4 is 5.32 Å². The highest BCUT2D eigenvalue weighted by Crippen LogP contribution is 2.35. The highest BCUT2D eigenvalue weighted by molar-refractivity contribution is 5.96. The van der Waals surface area contributed by atoms with E-state index in [1.807, 2.05) is 38.1 Å². The molecule has 27 heavy (non-hydrogen) atoms. The molecular weight excluding hydrogens is 340 g/mol. The summed E-state index contributed by atoms with van der Waals surface area (Å²) in [5.41, 5.74) is 5.03. The van der Waals surface area contributed by atoms with Crippen LogP contribution in [0.4, 0.5) is 5.82 Å². The number of hydrogen-bond acceptors (Lipinski definition) is 3. The van der Waals surface area contributed by atoms with Gasteiger partial charge in [-0.3, -0.25) is 4.79 Å². The summed E-state index contributed by atoms with van der Waals surface area (Å²) in [5, 5.41) is 3.13. The summed E-state index contributed by atoms with van der Waals surface area (Å²) in [6.07, 6.45) is 0.479. The smallest absolute Gasteiger partial charge is 0.225 e. The second-order valence-corrected chi connectivity index (χ2v) is 7.33. The highest BCUT2D eigenvalue weighted by Gasteiger charge is 2.23. The Kier molecular flexibility index (Phi) is 5.65. The van der Waals surface area contributed by atoms with Crippen LogP contribution in [-0.4, -0.2) is 34.2 Å². The number of nitrogens with one attached hydrogen (secondary N) is 2. The lowest BCUT2D eigenvalue weighted by atomic mass is 10.1. The molecule has 2 N–H and O–H groups in total. The third-order valence-electron chi connectivity index (χ3n) is 4.83. The van der Waals surface area contributed by atoms with Crippen molar-refractivity contribution in [3.05, 3.63) is 35.5 Å². The Labute approximate surface area is 159 Å². The van der Waals surface area contributed by atoms with E-state index in [1.54, 1.807) is 7.11 Å². The first kappa shape index (κ1) is 19.2. The average Bonchev–Trinajstić information content (AvgIpc) is 3.12. The summed E-state index contributed by atoms with van der Waals surface area (Å²) in [6, 6.07) is 7.95. The standard InChI is InChI=1S/C21H28N4O2/c1-13(2)12-18(26)24-21-19(14(3)15(4)25(21)10-11-27-5)20-22-16-8-6-7-9-17(16)23-20/h6-9,13H,10-12H2,1-5H3,(H,22,23)(H,24,26). The number of hydrogen-bond donors (Lipinski definition) is 2. The summed E-state index contributed by atoms with van der Waals surface area (Å²) in [4.78, 5) is 20.7. The van der Waals surface area contributed by atoms with E-state index >= 15 is 0 Å². The molecule has 0 saturated carbocycles. The number of benzene rings is 1. The zero-order valence-electron chi connectivity index (χ0n) is 16.7. The zero-order valence-corrected chi connectivity index (χ0v) is 16.7. The predicted molar refractivity (Wildman–Crippen MR) is 109 cm³/mol. The summed E-state index contributed by atoms with van der Waals surface area (Å²) < 4.78 is 7.38. The Hall–Kier alpha value is -2.60. The highest BCUT2D eigenvalue weighted by atomic mass is 16.5. The minimum absolute atomic E-state index is 0.0125. The molecular formula is C21H28N4O2. The first-order valence-electron chi connectivity index (χ1n) is 9.36. The molecule has 1 amide bonds. The summed E-state index contributed by atoms with van der Waals surface area (Å²) in [5.74, 6) is 1.86. The van der Waals surface area contributed by atoms with Gasteiger partial charge in [0.15, 0.2) is 0 Å². The molecule has 0 aliphatic heterocycles. The molecule has 0 saturated heterocycles. The summed E-state index contributed by atoms with van der Waals surface area (Å²) >= 11 is 0. The van der Waals surface area contributed by atoms with Crippen molar-refractivity contribution < 1.29 is 9.53 Å². The van der Waals surface area contributed by atoms with Crippen molar-refractivity contribution in [2.24, 2.45) is 5.92 Å². The number of anilines is 1. The number of ether oxygens (including phenoxy) is 1. The molecule has 1 aromatic carbocycles. The third kappa shape index (κ3) is 3.90. The van der Waals surface area contributed by atoms with Crippen LogP contribution in [0, 0.1) is 19.8 Å². The van der Waals surface area contributed by atoms with E-state index in [2.05, 4.69) is 28.7 Å². The van der Waals surface area contributed by atoms with Crippen LogP contribution in [0.5, 0.6) is 0 Å². The molecule has 2 aromatic heterocycles. The summed E-state index contributed by atoms with van der Waals surface area (Å²) in [7, 11) is 1.68. The molecule has 0 aliphatic rings. The van der Waals surface area contributed by atoms with Crippen LogP contribution in [-0.2, 0) is 16.1 Å². The average molecular weight is 368 g/mol. The van der Waals surface area contributed by atoms with Gasteiger partial charge in [-0.1, -0.05) is 26.0 Å². The van der Waals surface area contributed by atoms with Crippen molar-refractivity contribution in [1.82, 2.24) is 14.5 Å². The molecule has 2 heterocycles. The van der Waals surface area contributed by atoms with Crippen molar-refractivity contribution in [1.29, 1.82) is 0 Å². The largest absolute Gasteiger partial charge is 0.383 e. The normalized spacial score (nSPS) is 11.5. The van der Waals surface area contributed by atoms with Crippen molar-refractivity contribution in [2.45, 2.75) is 40.7 Å². The molecule has 3 aromatic rings. The maximum Gasteiger partial charge on any atom is 0.225 e. The number of carbonyl (C=O) groups excluding carboxylic acids is 1. The Bertz CT molecular complexity index is 920. The van der Waals surface area contributed by atoms with Crippen LogP contribution in [0.25, 0.3) is 22.4 Å². The number of imidazole rings is 1. The molecule has 3 rings (SSSR count). The molecule has 0 aliphatic carbocycles. The number of carbonyl (C=O) groups is 1. The molecule has 6 heteroatoms. The lowest BCUT2D eigenvalue weighted by molar-refractivity contribution is -0.116.